The predicted octanol–water partition coefficient (Wildman–Crippen LogP) is 4.35. The smallest absolute Gasteiger partial charge is 0.404 e. The van der Waals surface area contributed by atoms with Crippen molar-refractivity contribution in [1.29, 1.82) is 0 Å². The van der Waals surface area contributed by atoms with Gasteiger partial charge < -0.3 is 18.7 Å². The lowest BCUT2D eigenvalue weighted by Gasteiger charge is -2.38. The van der Waals surface area contributed by atoms with Crippen molar-refractivity contribution < 1.29 is 36.7 Å². The highest BCUT2D eigenvalue weighted by Gasteiger charge is 2.63. The molecule has 0 aliphatic carbocycles. The maximum Gasteiger partial charge on any atom is 0.531 e. The molecule has 3 fully saturated rings. The normalized spacial score (nSPS) is 37.7. The Balaban J connectivity index is 1.49. The van der Waals surface area contributed by atoms with Crippen molar-refractivity contribution in [2.24, 2.45) is 0 Å². The Morgan fingerprint density at radius 1 is 0.931 bits per heavy atom. The number of rotatable bonds is 3. The molecule has 0 bridgehead atoms. The molecule has 0 saturated carbocycles. The monoisotopic (exact) mass is 422 g/mol. The molecule has 3 heterocycles. The molecule has 2 aromatic carbocycles. The Morgan fingerprint density at radius 2 is 1.66 bits per heavy atom. The molecule has 154 valence electrons. The van der Waals surface area contributed by atoms with E-state index in [1.54, 1.807) is 50.2 Å². The molecule has 3 saturated heterocycles. The van der Waals surface area contributed by atoms with Crippen LogP contribution in [0, 0.1) is 5.82 Å². The first-order chi connectivity index (χ1) is 13.8. The summed E-state index contributed by atoms with van der Waals surface area (Å²) in [5, 5.41) is 0. The number of benzene rings is 2. The first-order valence-electron chi connectivity index (χ1n) is 9.30. The summed E-state index contributed by atoms with van der Waals surface area (Å²) in [6.07, 6.45) is -3.53. The molecule has 9 heteroatoms. The van der Waals surface area contributed by atoms with Gasteiger partial charge in [-0.1, -0.05) is 30.3 Å². The van der Waals surface area contributed by atoms with Crippen molar-refractivity contribution in [3.63, 3.8) is 0 Å². The fourth-order valence-electron chi connectivity index (χ4n) is 3.80. The minimum Gasteiger partial charge on any atom is -0.404 e. The first-order valence-corrected chi connectivity index (χ1v) is 10.8. The Labute approximate surface area is 167 Å². The van der Waals surface area contributed by atoms with Crippen LogP contribution in [0.3, 0.4) is 0 Å². The van der Waals surface area contributed by atoms with Crippen LogP contribution in [0.5, 0.6) is 5.75 Å². The van der Waals surface area contributed by atoms with Crippen LogP contribution in [0.4, 0.5) is 4.39 Å². The molecule has 0 spiro atoms. The molecule has 5 rings (SSSR count). The van der Waals surface area contributed by atoms with Crippen LogP contribution >= 0.6 is 7.82 Å². The van der Waals surface area contributed by atoms with Crippen LogP contribution < -0.4 is 4.52 Å². The van der Waals surface area contributed by atoms with Crippen LogP contribution in [0.25, 0.3) is 0 Å². The summed E-state index contributed by atoms with van der Waals surface area (Å²) in [6.45, 7) is 3.53. The van der Waals surface area contributed by atoms with Gasteiger partial charge in [0.1, 0.15) is 36.0 Å². The fourth-order valence-corrected chi connectivity index (χ4v) is 5.37. The number of para-hydroxylation sites is 1. The largest absolute Gasteiger partial charge is 0.531 e. The molecule has 0 amide bonds. The van der Waals surface area contributed by atoms with E-state index in [4.69, 9.17) is 27.8 Å². The van der Waals surface area contributed by atoms with Crippen molar-refractivity contribution in [2.45, 2.75) is 50.3 Å². The lowest BCUT2D eigenvalue weighted by Crippen LogP contribution is -2.43. The van der Waals surface area contributed by atoms with Gasteiger partial charge in [-0.2, -0.15) is 0 Å². The highest BCUT2D eigenvalue weighted by Crippen LogP contribution is 2.62. The number of phosphoric ester groups is 1. The van der Waals surface area contributed by atoms with Crippen LogP contribution in [0.2, 0.25) is 0 Å². The second-order valence-corrected chi connectivity index (χ2v) is 9.07. The molecule has 0 N–H and O–H groups in total. The number of phosphoric acid groups is 1. The van der Waals surface area contributed by atoms with E-state index in [1.807, 2.05) is 6.07 Å². The predicted molar refractivity (Wildman–Crippen MR) is 98.5 cm³/mol. The molecular formula is C20H20FO7P. The Kier molecular flexibility index (Phi) is 4.55. The minimum absolute atomic E-state index is 0.339. The highest BCUT2D eigenvalue weighted by atomic mass is 31.2. The van der Waals surface area contributed by atoms with E-state index in [-0.39, 0.29) is 0 Å². The summed E-state index contributed by atoms with van der Waals surface area (Å²) in [7, 11) is -4.04. The lowest BCUT2D eigenvalue weighted by molar-refractivity contribution is -0.231. The highest BCUT2D eigenvalue weighted by molar-refractivity contribution is 7.49. The van der Waals surface area contributed by atoms with E-state index in [9.17, 15) is 8.96 Å². The van der Waals surface area contributed by atoms with Gasteiger partial charge in [0.15, 0.2) is 12.1 Å². The molecule has 6 atom stereocenters. The number of hydrogen-bond donors (Lipinski definition) is 0. The minimum atomic E-state index is -4.04. The van der Waals surface area contributed by atoms with Crippen LogP contribution in [-0.2, 0) is 27.8 Å². The quantitative estimate of drug-likeness (QED) is 0.681. The van der Waals surface area contributed by atoms with Gasteiger partial charge in [-0.15, -0.1) is 0 Å². The van der Waals surface area contributed by atoms with Gasteiger partial charge in [-0.25, -0.2) is 8.96 Å². The van der Waals surface area contributed by atoms with E-state index in [2.05, 4.69) is 0 Å². The molecule has 29 heavy (non-hydrogen) atoms. The summed E-state index contributed by atoms with van der Waals surface area (Å²) in [6, 6.07) is 14.3. The number of hydrogen-bond acceptors (Lipinski definition) is 7. The summed E-state index contributed by atoms with van der Waals surface area (Å²) >= 11 is 0. The Hall–Kier alpha value is -1.80. The van der Waals surface area contributed by atoms with Gasteiger partial charge in [-0.3, -0.25) is 9.05 Å². The number of fused-ring (bicyclic) bond motifs is 3. The topological polar surface area (TPSA) is 72.5 Å². The number of halogens is 1. The third-order valence-corrected chi connectivity index (χ3v) is 6.40. The zero-order valence-corrected chi connectivity index (χ0v) is 16.7. The van der Waals surface area contributed by atoms with Gasteiger partial charge in [0.05, 0.1) is 0 Å². The average molecular weight is 422 g/mol. The lowest BCUT2D eigenvalue weighted by atomic mass is 9.99. The molecule has 0 aromatic heterocycles. The van der Waals surface area contributed by atoms with Gasteiger partial charge in [0, 0.05) is 0 Å². The van der Waals surface area contributed by atoms with E-state index in [0.29, 0.717) is 11.3 Å². The van der Waals surface area contributed by atoms with Crippen molar-refractivity contribution in [2.75, 3.05) is 0 Å². The van der Waals surface area contributed by atoms with E-state index < -0.39 is 50.1 Å². The Bertz CT molecular complexity index is 936. The van der Waals surface area contributed by atoms with Gasteiger partial charge in [-0.05, 0) is 43.7 Å². The van der Waals surface area contributed by atoms with Crippen LogP contribution in [-0.4, -0.2) is 30.4 Å². The average Bonchev–Trinajstić information content (AvgIpc) is 3.14. The maximum atomic E-state index is 13.5. The molecule has 3 aliphatic heterocycles. The zero-order chi connectivity index (χ0) is 20.2. The molecular weight excluding hydrogens is 402 g/mol. The first kappa shape index (κ1) is 19.2. The second kappa shape index (κ2) is 6.87. The molecule has 1 unspecified atom stereocenters. The van der Waals surface area contributed by atoms with Crippen molar-refractivity contribution in [1.82, 2.24) is 0 Å². The molecule has 3 aliphatic rings. The summed E-state index contributed by atoms with van der Waals surface area (Å²) in [5.74, 6) is -0.914. The second-order valence-electron chi connectivity index (χ2n) is 7.57. The van der Waals surface area contributed by atoms with Crippen LogP contribution in [0.1, 0.15) is 25.5 Å². The van der Waals surface area contributed by atoms with Crippen molar-refractivity contribution in [3.05, 3.63) is 66.0 Å². The van der Waals surface area contributed by atoms with Crippen molar-refractivity contribution in [3.8, 4) is 5.75 Å². The van der Waals surface area contributed by atoms with Gasteiger partial charge in [0.25, 0.3) is 0 Å². The summed E-state index contributed by atoms with van der Waals surface area (Å²) < 4.78 is 61.8. The van der Waals surface area contributed by atoms with E-state index in [1.165, 1.54) is 12.1 Å². The van der Waals surface area contributed by atoms with E-state index in [0.717, 1.165) is 0 Å². The summed E-state index contributed by atoms with van der Waals surface area (Å²) in [5.41, 5.74) is 0.584. The number of ether oxygens (including phenoxy) is 3. The standard InChI is InChI=1S/C20H20FO7P/c1-20(2)24-18-17-16(23-19(18)25-20)15(12-8-10-13(21)11-9-12)27-29(22,28-17)26-14-6-4-3-5-7-14/h3-11,15-19H,1-2H3/t15-,16-,17-,18+,19+,29?/m0/s1. The third kappa shape index (κ3) is 3.61. The van der Waals surface area contributed by atoms with Gasteiger partial charge >= 0.3 is 7.82 Å². The Morgan fingerprint density at radius 3 is 2.38 bits per heavy atom. The molecule has 7 nitrogen and oxygen atoms in total. The maximum absolute atomic E-state index is 13.5. The van der Waals surface area contributed by atoms with E-state index >= 15 is 0 Å². The van der Waals surface area contributed by atoms with Crippen LogP contribution in [0.15, 0.2) is 54.6 Å². The van der Waals surface area contributed by atoms with Crippen molar-refractivity contribution >= 4 is 7.82 Å². The third-order valence-electron chi connectivity index (χ3n) is 4.98. The fraction of sp³-hybridized carbons (Fsp3) is 0.400. The summed E-state index contributed by atoms with van der Waals surface area (Å²) in [4.78, 5) is 0. The van der Waals surface area contributed by atoms with Gasteiger partial charge in [0.2, 0.25) is 0 Å². The molecule has 0 radical (unpaired) electrons. The SMILES string of the molecule is CC1(C)O[C@H]2O[C@@H]3[C@H](OP(=O)(Oc4ccccc4)O[C@H]3c3ccc(F)cc3)[C@H]2O1. The molecule has 2 aromatic rings. The zero-order valence-electron chi connectivity index (χ0n) is 15.8.